The van der Waals surface area contributed by atoms with Crippen molar-refractivity contribution in [3.05, 3.63) is 64.3 Å². The molecule has 6 heteroatoms. The topological polar surface area (TPSA) is 62.2 Å². The van der Waals surface area contributed by atoms with Crippen LogP contribution in [0.3, 0.4) is 0 Å². The van der Waals surface area contributed by atoms with Crippen LogP contribution in [0, 0.1) is 0 Å². The Morgan fingerprint density at radius 2 is 1.86 bits per heavy atom. The van der Waals surface area contributed by atoms with Gasteiger partial charge in [0.1, 0.15) is 5.56 Å². The van der Waals surface area contributed by atoms with E-state index in [0.717, 1.165) is 0 Å². The Bertz CT molecular complexity index is 881. The average molecular weight is 333 g/mol. The highest BCUT2D eigenvalue weighted by Crippen LogP contribution is 2.31. The molecule has 0 amide bonds. The molecular formula is C16H10Cl2N2O2. The predicted molar refractivity (Wildman–Crippen MR) is 88.4 cm³/mol. The molecule has 0 fully saturated rings. The largest absolute Gasteiger partial charge is 0.478 e. The summed E-state index contributed by atoms with van der Waals surface area (Å²) in [5, 5.41) is 14.3. The zero-order valence-corrected chi connectivity index (χ0v) is 12.7. The minimum atomic E-state index is -1.06. The number of nitrogens with one attached hydrogen (secondary N) is 1. The maximum absolute atomic E-state index is 11.5. The number of fused-ring (bicyclic) bond motifs is 1. The summed E-state index contributed by atoms with van der Waals surface area (Å²) in [4.78, 5) is 15.6. The van der Waals surface area contributed by atoms with E-state index in [9.17, 15) is 9.90 Å². The molecule has 4 nitrogen and oxygen atoms in total. The van der Waals surface area contributed by atoms with Crippen molar-refractivity contribution in [1.82, 2.24) is 4.98 Å². The fourth-order valence-electron chi connectivity index (χ4n) is 2.17. The van der Waals surface area contributed by atoms with Crippen molar-refractivity contribution in [3.63, 3.8) is 0 Å². The van der Waals surface area contributed by atoms with E-state index >= 15 is 0 Å². The average Bonchev–Trinajstić information content (AvgIpc) is 2.46. The summed E-state index contributed by atoms with van der Waals surface area (Å²) in [7, 11) is 0. The van der Waals surface area contributed by atoms with E-state index in [0.29, 0.717) is 32.3 Å². The Morgan fingerprint density at radius 3 is 2.59 bits per heavy atom. The van der Waals surface area contributed by atoms with Crippen molar-refractivity contribution in [2.24, 2.45) is 0 Å². The van der Waals surface area contributed by atoms with Gasteiger partial charge in [0.2, 0.25) is 0 Å². The van der Waals surface area contributed by atoms with Crippen molar-refractivity contribution in [1.29, 1.82) is 0 Å². The maximum Gasteiger partial charge on any atom is 0.339 e. The van der Waals surface area contributed by atoms with Crippen LogP contribution in [0.5, 0.6) is 0 Å². The number of anilines is 2. The van der Waals surface area contributed by atoms with Crippen molar-refractivity contribution >= 4 is 51.4 Å². The number of hydrogen-bond donors (Lipinski definition) is 2. The maximum atomic E-state index is 11.5. The zero-order chi connectivity index (χ0) is 15.7. The lowest BCUT2D eigenvalue weighted by Crippen LogP contribution is -2.04. The van der Waals surface area contributed by atoms with Crippen LogP contribution in [0.2, 0.25) is 10.0 Å². The second kappa shape index (κ2) is 5.83. The summed E-state index contributed by atoms with van der Waals surface area (Å²) < 4.78 is 0. The number of aromatic nitrogens is 1. The van der Waals surface area contributed by atoms with Gasteiger partial charge in [0.25, 0.3) is 0 Å². The standard InChI is InChI=1S/C16H10Cl2N2O2/c17-9-2-1-3-11(6-9)20-15-12-5-4-10(18)7-14(12)19-8-13(15)16(21)22/h1-8H,(H,19,20)(H,21,22). The van der Waals surface area contributed by atoms with Crippen LogP contribution in [0.25, 0.3) is 10.9 Å². The van der Waals surface area contributed by atoms with E-state index in [1.807, 2.05) is 0 Å². The van der Waals surface area contributed by atoms with Gasteiger partial charge in [0.05, 0.1) is 11.2 Å². The SMILES string of the molecule is O=C(O)c1cnc2cc(Cl)ccc2c1Nc1cccc(Cl)c1. The van der Waals surface area contributed by atoms with Gasteiger partial charge in [-0.3, -0.25) is 4.98 Å². The highest BCUT2D eigenvalue weighted by molar-refractivity contribution is 6.31. The van der Waals surface area contributed by atoms with Crippen LogP contribution < -0.4 is 5.32 Å². The molecule has 22 heavy (non-hydrogen) atoms. The van der Waals surface area contributed by atoms with E-state index in [1.165, 1.54) is 6.20 Å². The molecule has 110 valence electrons. The molecule has 0 saturated heterocycles. The molecule has 0 saturated carbocycles. The molecular weight excluding hydrogens is 323 g/mol. The Hall–Kier alpha value is -2.30. The quantitative estimate of drug-likeness (QED) is 0.709. The third-order valence-corrected chi connectivity index (χ3v) is 3.63. The minimum absolute atomic E-state index is 0.0785. The van der Waals surface area contributed by atoms with Gasteiger partial charge in [-0.15, -0.1) is 0 Å². The van der Waals surface area contributed by atoms with Crippen LogP contribution >= 0.6 is 23.2 Å². The number of aromatic carboxylic acids is 1. The number of hydrogen-bond acceptors (Lipinski definition) is 3. The number of carbonyl (C=O) groups is 1. The number of pyridine rings is 1. The summed E-state index contributed by atoms with van der Waals surface area (Å²) in [5.41, 5.74) is 1.84. The zero-order valence-electron chi connectivity index (χ0n) is 11.2. The fourth-order valence-corrected chi connectivity index (χ4v) is 2.53. The van der Waals surface area contributed by atoms with Crippen molar-refractivity contribution < 1.29 is 9.90 Å². The highest BCUT2D eigenvalue weighted by atomic mass is 35.5. The molecule has 0 unspecified atom stereocenters. The van der Waals surface area contributed by atoms with Crippen molar-refractivity contribution in [3.8, 4) is 0 Å². The minimum Gasteiger partial charge on any atom is -0.478 e. The lowest BCUT2D eigenvalue weighted by Gasteiger charge is -2.13. The monoisotopic (exact) mass is 332 g/mol. The van der Waals surface area contributed by atoms with Crippen LogP contribution in [0.15, 0.2) is 48.7 Å². The van der Waals surface area contributed by atoms with E-state index < -0.39 is 5.97 Å². The molecule has 0 aliphatic rings. The van der Waals surface area contributed by atoms with Crippen LogP contribution in [0.1, 0.15) is 10.4 Å². The first-order valence-corrected chi connectivity index (χ1v) is 7.14. The van der Waals surface area contributed by atoms with Crippen molar-refractivity contribution in [2.45, 2.75) is 0 Å². The predicted octanol–water partition coefficient (Wildman–Crippen LogP) is 4.98. The molecule has 0 spiro atoms. The number of benzene rings is 2. The van der Waals surface area contributed by atoms with Gasteiger partial charge in [-0.1, -0.05) is 29.3 Å². The first-order chi connectivity index (χ1) is 10.5. The Kier molecular flexibility index (Phi) is 3.88. The second-order valence-electron chi connectivity index (χ2n) is 4.65. The number of halogens is 2. The van der Waals surface area contributed by atoms with E-state index in [2.05, 4.69) is 10.3 Å². The van der Waals surface area contributed by atoms with E-state index in [1.54, 1.807) is 42.5 Å². The molecule has 0 atom stereocenters. The van der Waals surface area contributed by atoms with Gasteiger partial charge in [0, 0.05) is 27.3 Å². The molecule has 0 aliphatic heterocycles. The summed E-state index contributed by atoms with van der Waals surface area (Å²) in [6.45, 7) is 0. The summed E-state index contributed by atoms with van der Waals surface area (Å²) in [6.07, 6.45) is 1.31. The fraction of sp³-hybridized carbons (Fsp3) is 0. The molecule has 2 aromatic carbocycles. The Morgan fingerprint density at radius 1 is 1.09 bits per heavy atom. The Labute approximate surface area is 136 Å². The van der Waals surface area contributed by atoms with E-state index in [4.69, 9.17) is 23.2 Å². The van der Waals surface area contributed by atoms with Crippen molar-refractivity contribution in [2.75, 3.05) is 5.32 Å². The molecule has 3 rings (SSSR count). The van der Waals surface area contributed by atoms with Crippen LogP contribution in [0.4, 0.5) is 11.4 Å². The summed E-state index contributed by atoms with van der Waals surface area (Å²) >= 11 is 11.9. The molecule has 1 heterocycles. The Balaban J connectivity index is 2.20. The summed E-state index contributed by atoms with van der Waals surface area (Å²) in [6, 6.07) is 12.2. The normalized spacial score (nSPS) is 10.6. The lowest BCUT2D eigenvalue weighted by molar-refractivity contribution is 0.0697. The molecule has 0 aliphatic carbocycles. The van der Waals surface area contributed by atoms with Gasteiger partial charge in [0.15, 0.2) is 0 Å². The number of rotatable bonds is 3. The molecule has 1 aromatic heterocycles. The number of nitrogens with zero attached hydrogens (tertiary/aromatic N) is 1. The summed E-state index contributed by atoms with van der Waals surface area (Å²) in [5.74, 6) is -1.06. The first kappa shape index (κ1) is 14.6. The molecule has 0 bridgehead atoms. The van der Waals surface area contributed by atoms with Gasteiger partial charge in [-0.05, 0) is 36.4 Å². The third-order valence-electron chi connectivity index (χ3n) is 3.16. The van der Waals surface area contributed by atoms with Gasteiger partial charge < -0.3 is 10.4 Å². The van der Waals surface area contributed by atoms with Crippen LogP contribution in [-0.2, 0) is 0 Å². The molecule has 3 aromatic rings. The van der Waals surface area contributed by atoms with Gasteiger partial charge >= 0.3 is 5.97 Å². The van der Waals surface area contributed by atoms with Crippen LogP contribution in [-0.4, -0.2) is 16.1 Å². The molecule has 0 radical (unpaired) electrons. The number of carboxylic acids is 1. The first-order valence-electron chi connectivity index (χ1n) is 6.39. The lowest BCUT2D eigenvalue weighted by atomic mass is 10.1. The van der Waals surface area contributed by atoms with Gasteiger partial charge in [-0.2, -0.15) is 0 Å². The van der Waals surface area contributed by atoms with Gasteiger partial charge in [-0.25, -0.2) is 4.79 Å². The third kappa shape index (κ3) is 2.84. The smallest absolute Gasteiger partial charge is 0.339 e. The van der Waals surface area contributed by atoms with E-state index in [-0.39, 0.29) is 5.56 Å². The highest BCUT2D eigenvalue weighted by Gasteiger charge is 2.15. The molecule has 2 N–H and O–H groups in total. The second-order valence-corrected chi connectivity index (χ2v) is 5.52. The number of carboxylic acid groups (broad SMARTS) is 1.